The second-order valence-electron chi connectivity index (χ2n) is 7.04. The van der Waals surface area contributed by atoms with Crippen LogP contribution in [0.25, 0.3) is 0 Å². The molecule has 0 spiro atoms. The molecule has 0 saturated carbocycles. The van der Waals surface area contributed by atoms with Gasteiger partial charge in [0.2, 0.25) is 0 Å². The molecule has 28 heavy (non-hydrogen) atoms. The van der Waals surface area contributed by atoms with E-state index < -0.39 is 0 Å². The number of carbonyl (C=O) groups is 1. The summed E-state index contributed by atoms with van der Waals surface area (Å²) in [7, 11) is 0. The summed E-state index contributed by atoms with van der Waals surface area (Å²) < 4.78 is 22.5. The van der Waals surface area contributed by atoms with Gasteiger partial charge in [-0.15, -0.1) is 0 Å². The van der Waals surface area contributed by atoms with Crippen LogP contribution in [-0.2, 0) is 0 Å². The largest absolute Gasteiger partial charge is 0.486 e. The monoisotopic (exact) mass is 401 g/mol. The van der Waals surface area contributed by atoms with Gasteiger partial charge in [-0.2, -0.15) is 0 Å². The van der Waals surface area contributed by atoms with Crippen molar-refractivity contribution in [3.8, 4) is 23.0 Å². The SMILES string of the molecule is O=C(c1cc(Cl)c2c(c1)OCCO2)N1CCC[C@@H]1c1ccc2c(c1)OCCO2. The highest BCUT2D eigenvalue weighted by atomic mass is 35.5. The van der Waals surface area contributed by atoms with Crippen LogP contribution in [0.15, 0.2) is 30.3 Å². The van der Waals surface area contributed by atoms with Gasteiger partial charge < -0.3 is 23.8 Å². The third kappa shape index (κ3) is 3.02. The predicted molar refractivity (Wildman–Crippen MR) is 103 cm³/mol. The lowest BCUT2D eigenvalue weighted by Gasteiger charge is -2.27. The van der Waals surface area contributed by atoms with Crippen molar-refractivity contribution in [3.63, 3.8) is 0 Å². The van der Waals surface area contributed by atoms with Crippen LogP contribution in [0.1, 0.15) is 34.8 Å². The molecule has 7 heteroatoms. The molecule has 3 aliphatic rings. The van der Waals surface area contributed by atoms with E-state index in [1.54, 1.807) is 12.1 Å². The van der Waals surface area contributed by atoms with E-state index in [-0.39, 0.29) is 11.9 Å². The van der Waals surface area contributed by atoms with Gasteiger partial charge in [-0.05, 0) is 42.7 Å². The minimum Gasteiger partial charge on any atom is -0.486 e. The Balaban J connectivity index is 1.44. The third-order valence-corrected chi connectivity index (χ3v) is 5.59. The summed E-state index contributed by atoms with van der Waals surface area (Å²) in [4.78, 5) is 15.2. The molecule has 0 N–H and O–H groups in total. The van der Waals surface area contributed by atoms with Crippen molar-refractivity contribution >= 4 is 17.5 Å². The van der Waals surface area contributed by atoms with E-state index in [4.69, 9.17) is 30.5 Å². The maximum absolute atomic E-state index is 13.3. The number of amides is 1. The fraction of sp³-hybridized carbons (Fsp3) is 0.381. The number of hydrogen-bond acceptors (Lipinski definition) is 5. The van der Waals surface area contributed by atoms with Crippen LogP contribution in [0.5, 0.6) is 23.0 Å². The number of ether oxygens (including phenoxy) is 4. The second kappa shape index (κ2) is 7.09. The van der Waals surface area contributed by atoms with Gasteiger partial charge in [0.05, 0.1) is 11.1 Å². The molecule has 0 radical (unpaired) electrons. The Hall–Kier alpha value is -2.60. The van der Waals surface area contributed by atoms with Crippen LogP contribution in [0, 0.1) is 0 Å². The van der Waals surface area contributed by atoms with Gasteiger partial charge >= 0.3 is 0 Å². The molecule has 0 aliphatic carbocycles. The standard InChI is InChI=1S/C21H20ClNO5/c22-15-10-14(12-19-20(15)28-9-8-27-19)21(24)23-5-1-2-16(23)13-3-4-17-18(11-13)26-7-6-25-17/h3-4,10-12,16H,1-2,5-9H2/t16-/m1/s1. The van der Waals surface area contributed by atoms with Crippen molar-refractivity contribution in [2.45, 2.75) is 18.9 Å². The van der Waals surface area contributed by atoms with E-state index in [1.807, 2.05) is 23.1 Å². The Kier molecular flexibility index (Phi) is 4.43. The summed E-state index contributed by atoms with van der Waals surface area (Å²) >= 11 is 6.32. The van der Waals surface area contributed by atoms with Gasteiger partial charge in [-0.1, -0.05) is 17.7 Å². The summed E-state index contributed by atoms with van der Waals surface area (Å²) in [6.07, 6.45) is 1.85. The lowest BCUT2D eigenvalue weighted by atomic mass is 10.0. The van der Waals surface area contributed by atoms with Crippen LogP contribution in [0.3, 0.4) is 0 Å². The van der Waals surface area contributed by atoms with E-state index in [9.17, 15) is 4.79 Å². The number of halogens is 1. The molecular weight excluding hydrogens is 382 g/mol. The molecule has 2 aromatic carbocycles. The highest BCUT2D eigenvalue weighted by molar-refractivity contribution is 6.32. The molecular formula is C21H20ClNO5. The fourth-order valence-corrected chi connectivity index (χ4v) is 4.29. The van der Waals surface area contributed by atoms with Crippen LogP contribution in [0.2, 0.25) is 5.02 Å². The third-order valence-electron chi connectivity index (χ3n) is 5.31. The maximum atomic E-state index is 13.3. The van der Waals surface area contributed by atoms with Gasteiger partial charge in [0.1, 0.15) is 26.4 Å². The zero-order chi connectivity index (χ0) is 19.1. The zero-order valence-electron chi connectivity index (χ0n) is 15.3. The highest BCUT2D eigenvalue weighted by Crippen LogP contribution is 2.41. The molecule has 6 nitrogen and oxygen atoms in total. The Morgan fingerprint density at radius 3 is 2.54 bits per heavy atom. The quantitative estimate of drug-likeness (QED) is 0.764. The van der Waals surface area contributed by atoms with Crippen molar-refractivity contribution < 1.29 is 23.7 Å². The van der Waals surface area contributed by atoms with Gasteiger partial charge in [0.15, 0.2) is 23.0 Å². The van der Waals surface area contributed by atoms with Gasteiger partial charge in [-0.3, -0.25) is 4.79 Å². The van der Waals surface area contributed by atoms with Crippen LogP contribution in [0.4, 0.5) is 0 Å². The normalized spacial score (nSPS) is 20.2. The summed E-state index contributed by atoms with van der Waals surface area (Å²) in [5.41, 5.74) is 1.57. The van der Waals surface area contributed by atoms with Crippen molar-refractivity contribution in [2.75, 3.05) is 33.0 Å². The Morgan fingerprint density at radius 1 is 0.929 bits per heavy atom. The van der Waals surface area contributed by atoms with E-state index in [0.717, 1.165) is 29.9 Å². The molecule has 0 aromatic heterocycles. The first-order valence-corrected chi connectivity index (χ1v) is 9.88. The topological polar surface area (TPSA) is 57.2 Å². The van der Waals surface area contributed by atoms with Crippen molar-refractivity contribution in [2.24, 2.45) is 0 Å². The Labute approximate surface area is 167 Å². The molecule has 146 valence electrons. The van der Waals surface area contributed by atoms with Crippen molar-refractivity contribution in [1.29, 1.82) is 0 Å². The highest BCUT2D eigenvalue weighted by Gasteiger charge is 2.32. The summed E-state index contributed by atoms with van der Waals surface area (Å²) in [6.45, 7) is 2.71. The average molecular weight is 402 g/mol. The summed E-state index contributed by atoms with van der Waals surface area (Å²) in [6, 6.07) is 9.31. The van der Waals surface area contributed by atoms with Crippen LogP contribution in [-0.4, -0.2) is 43.8 Å². The summed E-state index contributed by atoms with van der Waals surface area (Å²) in [5.74, 6) is 2.47. The molecule has 3 heterocycles. The Morgan fingerprint density at radius 2 is 1.68 bits per heavy atom. The number of likely N-dealkylation sites (tertiary alicyclic amines) is 1. The number of nitrogens with zero attached hydrogens (tertiary/aromatic N) is 1. The lowest BCUT2D eigenvalue weighted by Crippen LogP contribution is -2.31. The van der Waals surface area contributed by atoms with E-state index >= 15 is 0 Å². The van der Waals surface area contributed by atoms with E-state index in [2.05, 4.69) is 0 Å². The zero-order valence-corrected chi connectivity index (χ0v) is 16.0. The fourth-order valence-electron chi connectivity index (χ4n) is 4.02. The first-order chi connectivity index (χ1) is 13.7. The smallest absolute Gasteiger partial charge is 0.254 e. The molecule has 0 bridgehead atoms. The summed E-state index contributed by atoms with van der Waals surface area (Å²) in [5, 5.41) is 0.399. The van der Waals surface area contributed by atoms with Crippen molar-refractivity contribution in [3.05, 3.63) is 46.5 Å². The number of rotatable bonds is 2. The number of carbonyl (C=O) groups excluding carboxylic acids is 1. The molecule has 1 saturated heterocycles. The van der Waals surface area contributed by atoms with Crippen molar-refractivity contribution in [1.82, 2.24) is 4.90 Å². The first-order valence-electron chi connectivity index (χ1n) is 9.50. The van der Waals surface area contributed by atoms with E-state index in [1.165, 1.54) is 0 Å². The van der Waals surface area contributed by atoms with Gasteiger partial charge in [-0.25, -0.2) is 0 Å². The average Bonchev–Trinajstić information content (AvgIpc) is 3.22. The second-order valence-corrected chi connectivity index (χ2v) is 7.45. The molecule has 3 aliphatic heterocycles. The predicted octanol–water partition coefficient (Wildman–Crippen LogP) is 3.86. The van der Waals surface area contributed by atoms with Crippen LogP contribution >= 0.6 is 11.6 Å². The lowest BCUT2D eigenvalue weighted by molar-refractivity contribution is 0.0734. The van der Waals surface area contributed by atoms with Gasteiger partial charge in [0.25, 0.3) is 5.91 Å². The molecule has 2 aromatic rings. The molecule has 5 rings (SSSR count). The number of hydrogen-bond donors (Lipinski definition) is 0. The molecule has 1 fully saturated rings. The molecule has 1 atom stereocenters. The number of fused-ring (bicyclic) bond motifs is 2. The van der Waals surface area contributed by atoms with Crippen LogP contribution < -0.4 is 18.9 Å². The molecule has 0 unspecified atom stereocenters. The van der Waals surface area contributed by atoms with Gasteiger partial charge in [0, 0.05) is 12.1 Å². The molecule has 1 amide bonds. The number of benzene rings is 2. The van der Waals surface area contributed by atoms with E-state index in [0.29, 0.717) is 55.1 Å². The Bertz CT molecular complexity index is 931. The first kappa shape index (κ1) is 17.5. The minimum atomic E-state index is -0.0590. The maximum Gasteiger partial charge on any atom is 0.254 e. The minimum absolute atomic E-state index is 0.00435.